The van der Waals surface area contributed by atoms with Crippen LogP contribution in [0.4, 0.5) is 0 Å². The van der Waals surface area contributed by atoms with E-state index in [0.717, 1.165) is 19.5 Å². The first-order valence-corrected chi connectivity index (χ1v) is 8.56. The standard InChI is InChI=1S/C12H25N3O2S/c1-11(2)15-7-3-4-12(15)10-14-8-5-13-6-9-18(14,16)17/h11-13H,3-10H2,1-2H3. The molecule has 2 saturated heterocycles. The Morgan fingerprint density at radius 2 is 2.06 bits per heavy atom. The summed E-state index contributed by atoms with van der Waals surface area (Å²) in [7, 11) is -3.05. The maximum atomic E-state index is 12.1. The number of sulfonamides is 1. The van der Waals surface area contributed by atoms with Gasteiger partial charge in [-0.2, -0.15) is 4.31 Å². The van der Waals surface area contributed by atoms with Crippen molar-refractivity contribution in [2.24, 2.45) is 0 Å². The van der Waals surface area contributed by atoms with E-state index in [4.69, 9.17) is 0 Å². The van der Waals surface area contributed by atoms with Gasteiger partial charge in [0.2, 0.25) is 10.0 Å². The van der Waals surface area contributed by atoms with Crippen molar-refractivity contribution in [2.45, 2.75) is 38.8 Å². The molecule has 0 spiro atoms. The third kappa shape index (κ3) is 3.23. The molecule has 1 atom stereocenters. The predicted octanol–water partition coefficient (Wildman–Crippen LogP) is 0.0942. The van der Waals surface area contributed by atoms with Gasteiger partial charge < -0.3 is 5.32 Å². The number of hydrogen-bond donors (Lipinski definition) is 1. The molecule has 106 valence electrons. The predicted molar refractivity (Wildman–Crippen MR) is 73.1 cm³/mol. The number of nitrogens with zero attached hydrogens (tertiary/aromatic N) is 2. The number of likely N-dealkylation sites (tertiary alicyclic amines) is 1. The number of hydrogen-bond acceptors (Lipinski definition) is 4. The zero-order chi connectivity index (χ0) is 13.2. The first-order valence-electron chi connectivity index (χ1n) is 6.95. The molecule has 0 bridgehead atoms. The molecule has 0 saturated carbocycles. The van der Waals surface area contributed by atoms with Gasteiger partial charge in [0.1, 0.15) is 0 Å². The van der Waals surface area contributed by atoms with Crippen molar-refractivity contribution in [3.05, 3.63) is 0 Å². The van der Waals surface area contributed by atoms with E-state index in [1.165, 1.54) is 6.42 Å². The average Bonchev–Trinajstić information content (AvgIpc) is 2.68. The lowest BCUT2D eigenvalue weighted by Gasteiger charge is -2.32. The third-order valence-electron chi connectivity index (χ3n) is 3.97. The Labute approximate surface area is 111 Å². The molecule has 5 nitrogen and oxygen atoms in total. The molecule has 2 rings (SSSR count). The van der Waals surface area contributed by atoms with Crippen molar-refractivity contribution in [3.8, 4) is 0 Å². The van der Waals surface area contributed by atoms with Crippen molar-refractivity contribution in [1.29, 1.82) is 0 Å². The van der Waals surface area contributed by atoms with Crippen LogP contribution < -0.4 is 5.32 Å². The van der Waals surface area contributed by atoms with Crippen LogP contribution in [0.2, 0.25) is 0 Å². The van der Waals surface area contributed by atoms with Crippen molar-refractivity contribution in [1.82, 2.24) is 14.5 Å². The summed E-state index contributed by atoms with van der Waals surface area (Å²) in [6.45, 7) is 8.13. The smallest absolute Gasteiger partial charge is 0.215 e. The molecule has 2 heterocycles. The first kappa shape index (κ1) is 14.2. The summed E-state index contributed by atoms with van der Waals surface area (Å²) in [6, 6.07) is 0.906. The fourth-order valence-electron chi connectivity index (χ4n) is 2.97. The van der Waals surface area contributed by atoms with Gasteiger partial charge in [-0.3, -0.25) is 4.90 Å². The Morgan fingerprint density at radius 1 is 1.28 bits per heavy atom. The van der Waals surface area contributed by atoms with Crippen LogP contribution in [0.5, 0.6) is 0 Å². The van der Waals surface area contributed by atoms with Gasteiger partial charge >= 0.3 is 0 Å². The lowest BCUT2D eigenvalue weighted by Crippen LogP contribution is -2.46. The average molecular weight is 275 g/mol. The summed E-state index contributed by atoms with van der Waals surface area (Å²) in [6.07, 6.45) is 2.31. The molecule has 2 aliphatic rings. The molecule has 6 heteroatoms. The van der Waals surface area contributed by atoms with E-state index in [1.807, 2.05) is 0 Å². The van der Waals surface area contributed by atoms with E-state index in [9.17, 15) is 8.42 Å². The largest absolute Gasteiger partial charge is 0.314 e. The first-order chi connectivity index (χ1) is 8.50. The Kier molecular flexibility index (Phi) is 4.64. The molecule has 1 N–H and O–H groups in total. The molecular weight excluding hydrogens is 250 g/mol. The lowest BCUT2D eigenvalue weighted by atomic mass is 10.2. The van der Waals surface area contributed by atoms with E-state index in [1.54, 1.807) is 4.31 Å². The van der Waals surface area contributed by atoms with Gasteiger partial charge in [0.15, 0.2) is 0 Å². The molecule has 18 heavy (non-hydrogen) atoms. The molecule has 1 unspecified atom stereocenters. The lowest BCUT2D eigenvalue weighted by molar-refractivity contribution is 0.179. The molecule has 2 fully saturated rings. The van der Waals surface area contributed by atoms with Gasteiger partial charge in [-0.1, -0.05) is 0 Å². The summed E-state index contributed by atoms with van der Waals surface area (Å²) in [5.74, 6) is 0.237. The van der Waals surface area contributed by atoms with Gasteiger partial charge in [0, 0.05) is 38.3 Å². The van der Waals surface area contributed by atoms with Gasteiger partial charge in [-0.25, -0.2) is 8.42 Å². The Bertz CT molecular complexity index is 370. The third-order valence-corrected chi connectivity index (χ3v) is 5.81. The van der Waals surface area contributed by atoms with Crippen LogP contribution in [0.15, 0.2) is 0 Å². The van der Waals surface area contributed by atoms with Crippen molar-refractivity contribution < 1.29 is 8.42 Å². The summed E-state index contributed by atoms with van der Waals surface area (Å²) in [5, 5.41) is 3.16. The summed E-state index contributed by atoms with van der Waals surface area (Å²) < 4.78 is 26.0. The maximum absolute atomic E-state index is 12.1. The van der Waals surface area contributed by atoms with Crippen LogP contribution in [-0.2, 0) is 10.0 Å². The highest BCUT2D eigenvalue weighted by Crippen LogP contribution is 2.22. The van der Waals surface area contributed by atoms with Crippen molar-refractivity contribution in [2.75, 3.05) is 38.5 Å². The quantitative estimate of drug-likeness (QED) is 0.793. The van der Waals surface area contributed by atoms with Crippen LogP contribution in [-0.4, -0.2) is 68.2 Å². The minimum absolute atomic E-state index is 0.237. The fourth-order valence-corrected chi connectivity index (χ4v) is 4.40. The molecule has 0 amide bonds. The van der Waals surface area contributed by atoms with E-state index >= 15 is 0 Å². The van der Waals surface area contributed by atoms with Crippen LogP contribution in [0.1, 0.15) is 26.7 Å². The zero-order valence-corrected chi connectivity index (χ0v) is 12.2. The highest BCUT2D eigenvalue weighted by molar-refractivity contribution is 7.89. The monoisotopic (exact) mass is 275 g/mol. The van der Waals surface area contributed by atoms with E-state index in [0.29, 0.717) is 31.7 Å². The molecule has 2 aliphatic heterocycles. The SMILES string of the molecule is CC(C)N1CCCC1CN1CCNCCS1(=O)=O. The maximum Gasteiger partial charge on any atom is 0.215 e. The van der Waals surface area contributed by atoms with Crippen molar-refractivity contribution >= 4 is 10.0 Å². The zero-order valence-electron chi connectivity index (χ0n) is 11.4. The highest BCUT2D eigenvalue weighted by Gasteiger charge is 2.32. The Balaban J connectivity index is 2.03. The summed E-state index contributed by atoms with van der Waals surface area (Å²) >= 11 is 0. The molecule has 0 aromatic carbocycles. The minimum Gasteiger partial charge on any atom is -0.314 e. The van der Waals surface area contributed by atoms with Crippen LogP contribution in [0.3, 0.4) is 0 Å². The molecular formula is C12H25N3O2S. The fraction of sp³-hybridized carbons (Fsp3) is 1.00. The molecule has 0 aromatic heterocycles. The molecule has 0 aliphatic carbocycles. The number of nitrogens with one attached hydrogen (secondary N) is 1. The van der Waals surface area contributed by atoms with Gasteiger partial charge in [0.05, 0.1) is 5.75 Å². The van der Waals surface area contributed by atoms with Crippen LogP contribution in [0.25, 0.3) is 0 Å². The summed E-state index contributed by atoms with van der Waals surface area (Å²) in [4.78, 5) is 2.44. The topological polar surface area (TPSA) is 52.6 Å². The Hall–Kier alpha value is -0.170. The molecule has 0 aromatic rings. The Morgan fingerprint density at radius 3 is 2.78 bits per heavy atom. The second kappa shape index (κ2) is 5.86. The molecule has 0 radical (unpaired) electrons. The van der Waals surface area contributed by atoms with Gasteiger partial charge in [-0.05, 0) is 33.2 Å². The number of rotatable bonds is 3. The normalized spacial score (nSPS) is 30.7. The van der Waals surface area contributed by atoms with Gasteiger partial charge in [-0.15, -0.1) is 0 Å². The van der Waals surface area contributed by atoms with Crippen LogP contribution >= 0.6 is 0 Å². The van der Waals surface area contributed by atoms with Crippen molar-refractivity contribution in [3.63, 3.8) is 0 Å². The van der Waals surface area contributed by atoms with E-state index in [2.05, 4.69) is 24.1 Å². The van der Waals surface area contributed by atoms with Crippen LogP contribution in [0, 0.1) is 0 Å². The second-order valence-electron chi connectivity index (χ2n) is 5.55. The summed E-state index contributed by atoms with van der Waals surface area (Å²) in [5.41, 5.74) is 0. The highest BCUT2D eigenvalue weighted by atomic mass is 32.2. The van der Waals surface area contributed by atoms with Gasteiger partial charge in [0.25, 0.3) is 0 Å². The van der Waals surface area contributed by atoms with E-state index in [-0.39, 0.29) is 5.75 Å². The minimum atomic E-state index is -3.05. The second-order valence-corrected chi connectivity index (χ2v) is 7.64. The van der Waals surface area contributed by atoms with E-state index < -0.39 is 10.0 Å².